The van der Waals surface area contributed by atoms with Crippen LogP contribution in [-0.4, -0.2) is 34.1 Å². The van der Waals surface area contributed by atoms with Gasteiger partial charge in [0.25, 0.3) is 10.2 Å². The molecule has 0 rings (SSSR count). The molecule has 0 aliphatic heterocycles. The Morgan fingerprint density at radius 3 is 2.15 bits per heavy atom. The van der Waals surface area contributed by atoms with Crippen LogP contribution in [0.3, 0.4) is 0 Å². The molecule has 78 valence electrons. The first-order valence-electron chi connectivity index (χ1n) is 3.56. The lowest BCUT2D eigenvalue weighted by atomic mass is 10.1. The highest BCUT2D eigenvalue weighted by Crippen LogP contribution is 2.05. The molecule has 0 bridgehead atoms. The van der Waals surface area contributed by atoms with E-state index >= 15 is 0 Å². The maximum atomic E-state index is 11.1. The van der Waals surface area contributed by atoms with Gasteiger partial charge in [-0.3, -0.25) is 4.79 Å². The SMILES string of the molecule is CNS(=O)(=O)NC(C)(C)C(=O)OC. The Morgan fingerprint density at radius 1 is 1.38 bits per heavy atom. The van der Waals surface area contributed by atoms with Crippen LogP contribution < -0.4 is 9.44 Å². The Labute approximate surface area is 77.8 Å². The summed E-state index contributed by atoms with van der Waals surface area (Å²) in [5.74, 6) is -0.647. The Bertz CT molecular complexity index is 283. The van der Waals surface area contributed by atoms with E-state index in [9.17, 15) is 13.2 Å². The zero-order valence-corrected chi connectivity index (χ0v) is 8.86. The van der Waals surface area contributed by atoms with Gasteiger partial charge < -0.3 is 4.74 Å². The van der Waals surface area contributed by atoms with Gasteiger partial charge in [-0.1, -0.05) is 0 Å². The van der Waals surface area contributed by atoms with E-state index in [0.29, 0.717) is 0 Å². The van der Waals surface area contributed by atoms with Crippen LogP contribution in [0.25, 0.3) is 0 Å². The van der Waals surface area contributed by atoms with Gasteiger partial charge in [0.1, 0.15) is 5.54 Å². The highest BCUT2D eigenvalue weighted by molar-refractivity contribution is 7.87. The Balaban J connectivity index is 4.61. The molecule has 0 saturated heterocycles. The molecule has 0 radical (unpaired) electrons. The lowest BCUT2D eigenvalue weighted by Gasteiger charge is -2.22. The molecule has 0 aromatic heterocycles. The van der Waals surface area contributed by atoms with Crippen molar-refractivity contribution in [3.05, 3.63) is 0 Å². The van der Waals surface area contributed by atoms with Gasteiger partial charge in [0.05, 0.1) is 7.11 Å². The molecule has 0 amide bonds. The maximum Gasteiger partial charge on any atom is 0.326 e. The molecule has 0 aromatic rings. The fraction of sp³-hybridized carbons (Fsp3) is 0.833. The second-order valence-corrected chi connectivity index (χ2v) is 4.55. The van der Waals surface area contributed by atoms with Gasteiger partial charge in [0.2, 0.25) is 0 Å². The first kappa shape index (κ1) is 12.3. The lowest BCUT2D eigenvalue weighted by molar-refractivity contribution is -0.146. The number of carbonyl (C=O) groups excluding carboxylic acids is 1. The van der Waals surface area contributed by atoms with E-state index in [-0.39, 0.29) is 0 Å². The topological polar surface area (TPSA) is 84.5 Å². The quantitative estimate of drug-likeness (QED) is 0.582. The van der Waals surface area contributed by atoms with E-state index in [1.165, 1.54) is 28.0 Å². The number of esters is 1. The molecule has 0 spiro atoms. The molecule has 2 N–H and O–H groups in total. The summed E-state index contributed by atoms with van der Waals surface area (Å²) < 4.78 is 30.6. The van der Waals surface area contributed by atoms with Gasteiger partial charge in [-0.15, -0.1) is 0 Å². The number of methoxy groups -OCH3 is 1. The fourth-order valence-corrected chi connectivity index (χ4v) is 1.54. The highest BCUT2D eigenvalue weighted by atomic mass is 32.2. The third-order valence-corrected chi connectivity index (χ3v) is 2.67. The van der Waals surface area contributed by atoms with Crippen LogP contribution >= 0.6 is 0 Å². The largest absolute Gasteiger partial charge is 0.468 e. The van der Waals surface area contributed by atoms with Gasteiger partial charge >= 0.3 is 5.97 Å². The third kappa shape index (κ3) is 3.71. The van der Waals surface area contributed by atoms with Crippen molar-refractivity contribution in [1.82, 2.24) is 9.44 Å². The van der Waals surface area contributed by atoms with Crippen LogP contribution in [0.5, 0.6) is 0 Å². The van der Waals surface area contributed by atoms with Gasteiger partial charge in [-0.05, 0) is 13.8 Å². The number of hydrogen-bond acceptors (Lipinski definition) is 4. The molecular weight excluding hydrogens is 196 g/mol. The standard InChI is InChI=1S/C6H14N2O4S/c1-6(2,5(9)12-4)8-13(10,11)7-3/h7-8H,1-4H3. The smallest absolute Gasteiger partial charge is 0.326 e. The molecule has 6 nitrogen and oxygen atoms in total. The number of carbonyl (C=O) groups is 1. The van der Waals surface area contributed by atoms with Crippen molar-refractivity contribution in [3.63, 3.8) is 0 Å². The average molecular weight is 210 g/mol. The molecule has 0 saturated carbocycles. The Kier molecular flexibility index (Phi) is 3.83. The van der Waals surface area contributed by atoms with Crippen molar-refractivity contribution in [2.45, 2.75) is 19.4 Å². The fourth-order valence-electron chi connectivity index (χ4n) is 0.684. The summed E-state index contributed by atoms with van der Waals surface area (Å²) in [6.45, 7) is 2.82. The van der Waals surface area contributed by atoms with E-state index in [0.717, 1.165) is 0 Å². The summed E-state index contributed by atoms with van der Waals surface area (Å²) in [7, 11) is -1.20. The molecule has 0 aromatic carbocycles. The molecule has 0 fully saturated rings. The molecular formula is C6H14N2O4S. The molecule has 0 atom stereocenters. The maximum absolute atomic E-state index is 11.1. The van der Waals surface area contributed by atoms with Crippen LogP contribution in [0.4, 0.5) is 0 Å². The van der Waals surface area contributed by atoms with E-state index in [4.69, 9.17) is 0 Å². The number of rotatable bonds is 4. The van der Waals surface area contributed by atoms with Crippen LogP contribution in [0.15, 0.2) is 0 Å². The summed E-state index contributed by atoms with van der Waals surface area (Å²) in [6, 6.07) is 0. The van der Waals surface area contributed by atoms with Crippen molar-refractivity contribution in [1.29, 1.82) is 0 Å². The minimum Gasteiger partial charge on any atom is -0.468 e. The van der Waals surface area contributed by atoms with Crippen LogP contribution in [0, 0.1) is 0 Å². The summed E-state index contributed by atoms with van der Waals surface area (Å²) in [4.78, 5) is 11.1. The Morgan fingerprint density at radius 2 is 1.85 bits per heavy atom. The molecule has 13 heavy (non-hydrogen) atoms. The van der Waals surface area contributed by atoms with Gasteiger partial charge in [0.15, 0.2) is 0 Å². The first-order chi connectivity index (χ1) is 5.75. The zero-order chi connectivity index (χ0) is 10.7. The number of ether oxygens (including phenoxy) is 1. The summed E-state index contributed by atoms with van der Waals surface area (Å²) in [6.07, 6.45) is 0. The lowest BCUT2D eigenvalue weighted by Crippen LogP contribution is -2.53. The van der Waals surface area contributed by atoms with Crippen molar-refractivity contribution in [2.75, 3.05) is 14.2 Å². The van der Waals surface area contributed by atoms with E-state index in [1.807, 2.05) is 4.72 Å². The highest BCUT2D eigenvalue weighted by Gasteiger charge is 2.32. The Hall–Kier alpha value is -0.660. The number of hydrogen-bond donors (Lipinski definition) is 2. The second-order valence-electron chi connectivity index (χ2n) is 2.93. The van der Waals surface area contributed by atoms with E-state index in [2.05, 4.69) is 9.46 Å². The van der Waals surface area contributed by atoms with Gasteiger partial charge in [-0.25, -0.2) is 4.72 Å². The van der Waals surface area contributed by atoms with Crippen LogP contribution in [0.1, 0.15) is 13.8 Å². The third-order valence-electron chi connectivity index (χ3n) is 1.35. The molecule has 0 unspecified atom stereocenters. The minimum absolute atomic E-state index is 0.647. The van der Waals surface area contributed by atoms with Crippen LogP contribution in [0.2, 0.25) is 0 Å². The van der Waals surface area contributed by atoms with Gasteiger partial charge in [-0.2, -0.15) is 13.1 Å². The van der Waals surface area contributed by atoms with Crippen molar-refractivity contribution in [3.8, 4) is 0 Å². The van der Waals surface area contributed by atoms with Gasteiger partial charge in [0, 0.05) is 7.05 Å². The summed E-state index contributed by atoms with van der Waals surface area (Å²) >= 11 is 0. The van der Waals surface area contributed by atoms with Crippen LogP contribution in [-0.2, 0) is 19.7 Å². The summed E-state index contributed by atoms with van der Waals surface area (Å²) in [5, 5.41) is 0. The first-order valence-corrected chi connectivity index (χ1v) is 5.04. The monoisotopic (exact) mass is 210 g/mol. The number of nitrogens with one attached hydrogen (secondary N) is 2. The summed E-state index contributed by atoms with van der Waals surface area (Å²) in [5.41, 5.74) is -1.27. The van der Waals surface area contributed by atoms with E-state index in [1.54, 1.807) is 0 Å². The predicted octanol–water partition coefficient (Wildman–Crippen LogP) is -1.01. The molecule has 0 heterocycles. The molecule has 0 aliphatic rings. The molecule has 0 aliphatic carbocycles. The second kappa shape index (κ2) is 4.03. The average Bonchev–Trinajstić information content (AvgIpc) is 2.01. The minimum atomic E-state index is -3.63. The van der Waals surface area contributed by atoms with Crippen molar-refractivity contribution < 1.29 is 17.9 Å². The zero-order valence-electron chi connectivity index (χ0n) is 8.04. The van der Waals surface area contributed by atoms with Crippen molar-refractivity contribution in [2.24, 2.45) is 0 Å². The normalized spacial score (nSPS) is 12.6. The van der Waals surface area contributed by atoms with Crippen molar-refractivity contribution >= 4 is 16.2 Å². The molecule has 7 heteroatoms. The van der Waals surface area contributed by atoms with E-state index < -0.39 is 21.7 Å². The predicted molar refractivity (Wildman–Crippen MR) is 47.2 cm³/mol.